The van der Waals surface area contributed by atoms with Crippen molar-refractivity contribution in [1.82, 2.24) is 20.2 Å². The van der Waals surface area contributed by atoms with E-state index in [0.29, 0.717) is 5.16 Å². The van der Waals surface area contributed by atoms with Crippen LogP contribution in [0.25, 0.3) is 5.69 Å². The second kappa shape index (κ2) is 7.70. The molecule has 0 aliphatic rings. The summed E-state index contributed by atoms with van der Waals surface area (Å²) in [5.74, 6) is -0.0885. The Morgan fingerprint density at radius 1 is 1.12 bits per heavy atom. The van der Waals surface area contributed by atoms with Gasteiger partial charge in [0.05, 0.1) is 10.9 Å². The van der Waals surface area contributed by atoms with Crippen LogP contribution in [0.3, 0.4) is 0 Å². The molecule has 3 aromatic rings. The quantitative estimate of drug-likeness (QED) is 0.696. The van der Waals surface area contributed by atoms with Crippen LogP contribution >= 0.6 is 11.8 Å². The largest absolute Gasteiger partial charge is 0.325 e. The van der Waals surface area contributed by atoms with Crippen LogP contribution in [0.2, 0.25) is 0 Å². The number of aryl methyl sites for hydroxylation is 2. The van der Waals surface area contributed by atoms with E-state index in [4.69, 9.17) is 0 Å². The van der Waals surface area contributed by atoms with Crippen LogP contribution < -0.4 is 5.32 Å². The maximum absolute atomic E-state index is 12.5. The highest BCUT2D eigenvalue weighted by Gasteiger charge is 2.20. The van der Waals surface area contributed by atoms with Crippen molar-refractivity contribution in [3.63, 3.8) is 0 Å². The number of tetrazole rings is 1. The Kier molecular flexibility index (Phi) is 5.37. The van der Waals surface area contributed by atoms with Gasteiger partial charge in [-0.05, 0) is 67.4 Å². The molecular weight excluding hydrogens is 346 g/mol. The molecule has 1 atom stereocenters. The van der Waals surface area contributed by atoms with Gasteiger partial charge >= 0.3 is 0 Å². The van der Waals surface area contributed by atoms with E-state index in [0.717, 1.165) is 22.5 Å². The lowest BCUT2D eigenvalue weighted by Crippen LogP contribution is -2.23. The molecule has 1 aromatic heterocycles. The first-order chi connectivity index (χ1) is 12.5. The second-order valence-electron chi connectivity index (χ2n) is 6.21. The van der Waals surface area contributed by atoms with Gasteiger partial charge in [-0.2, -0.15) is 4.68 Å². The summed E-state index contributed by atoms with van der Waals surface area (Å²) in [7, 11) is 0. The van der Waals surface area contributed by atoms with E-state index in [1.165, 1.54) is 17.3 Å². The first kappa shape index (κ1) is 18.1. The first-order valence-corrected chi connectivity index (χ1v) is 9.23. The van der Waals surface area contributed by atoms with Crippen LogP contribution in [0, 0.1) is 20.8 Å². The van der Waals surface area contributed by atoms with E-state index >= 15 is 0 Å². The van der Waals surface area contributed by atoms with Gasteiger partial charge in [0, 0.05) is 5.69 Å². The fourth-order valence-corrected chi connectivity index (χ4v) is 3.26. The molecule has 134 valence electrons. The van der Waals surface area contributed by atoms with Crippen molar-refractivity contribution in [3.8, 4) is 5.69 Å². The number of benzene rings is 2. The lowest BCUT2D eigenvalue weighted by Gasteiger charge is -2.13. The maximum Gasteiger partial charge on any atom is 0.237 e. The molecule has 0 radical (unpaired) electrons. The Hall–Kier alpha value is -2.67. The van der Waals surface area contributed by atoms with Crippen molar-refractivity contribution in [2.45, 2.75) is 38.1 Å². The molecular formula is C19H21N5OS. The molecule has 0 spiro atoms. The predicted octanol–water partition coefficient (Wildman–Crippen LogP) is 3.71. The Morgan fingerprint density at radius 3 is 2.58 bits per heavy atom. The summed E-state index contributed by atoms with van der Waals surface area (Å²) in [6.07, 6.45) is 0. The van der Waals surface area contributed by atoms with Gasteiger partial charge in [0.2, 0.25) is 11.1 Å². The standard InChI is InChI=1S/C19H21N5OS/c1-12-8-10-16(11-9-12)20-18(25)15(4)26-19-21-22-23-24(19)17-7-5-6-13(2)14(17)3/h5-11,15H,1-4H3,(H,20,25)/t15-/m1/s1. The fraction of sp³-hybridized carbons (Fsp3) is 0.263. The number of amides is 1. The Labute approximate surface area is 157 Å². The number of hydrogen-bond donors (Lipinski definition) is 1. The number of nitrogens with zero attached hydrogens (tertiary/aromatic N) is 4. The zero-order chi connectivity index (χ0) is 18.7. The Bertz CT molecular complexity index is 920. The van der Waals surface area contributed by atoms with Crippen LogP contribution in [0.5, 0.6) is 0 Å². The predicted molar refractivity (Wildman–Crippen MR) is 104 cm³/mol. The average Bonchev–Trinajstić information content (AvgIpc) is 3.07. The van der Waals surface area contributed by atoms with Crippen LogP contribution in [-0.2, 0) is 4.79 Å². The smallest absolute Gasteiger partial charge is 0.237 e. The summed E-state index contributed by atoms with van der Waals surface area (Å²) in [6.45, 7) is 7.94. The Balaban J connectivity index is 1.75. The third kappa shape index (κ3) is 3.94. The first-order valence-electron chi connectivity index (χ1n) is 8.35. The lowest BCUT2D eigenvalue weighted by molar-refractivity contribution is -0.115. The number of hydrogen-bond acceptors (Lipinski definition) is 5. The van der Waals surface area contributed by atoms with Crippen molar-refractivity contribution in [2.24, 2.45) is 0 Å². The second-order valence-corrected chi connectivity index (χ2v) is 7.52. The summed E-state index contributed by atoms with van der Waals surface area (Å²) >= 11 is 1.33. The van der Waals surface area contributed by atoms with Gasteiger partial charge in [0.15, 0.2) is 0 Å². The minimum atomic E-state index is -0.342. The van der Waals surface area contributed by atoms with E-state index in [9.17, 15) is 4.79 Å². The lowest BCUT2D eigenvalue weighted by atomic mass is 10.1. The van der Waals surface area contributed by atoms with Crippen LogP contribution in [0.15, 0.2) is 47.6 Å². The topological polar surface area (TPSA) is 72.7 Å². The fourth-order valence-electron chi connectivity index (χ4n) is 2.46. The molecule has 1 N–H and O–H groups in total. The third-order valence-corrected chi connectivity index (χ3v) is 5.25. The number of rotatable bonds is 5. The van der Waals surface area contributed by atoms with Crippen LogP contribution in [0.4, 0.5) is 5.69 Å². The van der Waals surface area contributed by atoms with Gasteiger partial charge in [-0.1, -0.05) is 41.6 Å². The molecule has 0 unspecified atom stereocenters. The van der Waals surface area contributed by atoms with Gasteiger partial charge < -0.3 is 5.32 Å². The highest BCUT2D eigenvalue weighted by atomic mass is 32.2. The molecule has 0 aliphatic carbocycles. The molecule has 2 aromatic carbocycles. The molecule has 26 heavy (non-hydrogen) atoms. The molecule has 3 rings (SSSR count). The van der Waals surface area contributed by atoms with Crippen LogP contribution in [0.1, 0.15) is 23.6 Å². The summed E-state index contributed by atoms with van der Waals surface area (Å²) < 4.78 is 1.68. The number of aromatic nitrogens is 4. The van der Waals surface area contributed by atoms with Crippen molar-refractivity contribution < 1.29 is 4.79 Å². The normalized spacial score (nSPS) is 12.0. The summed E-state index contributed by atoms with van der Waals surface area (Å²) in [6, 6.07) is 13.7. The van der Waals surface area contributed by atoms with Gasteiger partial charge in [-0.15, -0.1) is 5.10 Å². The molecule has 6 nitrogen and oxygen atoms in total. The number of anilines is 1. The molecule has 1 amide bonds. The summed E-state index contributed by atoms with van der Waals surface area (Å²) in [4.78, 5) is 12.5. The molecule has 0 saturated carbocycles. The van der Waals surface area contributed by atoms with E-state index in [1.807, 2.05) is 70.2 Å². The van der Waals surface area contributed by atoms with E-state index < -0.39 is 0 Å². The van der Waals surface area contributed by atoms with Crippen molar-refractivity contribution in [1.29, 1.82) is 0 Å². The monoisotopic (exact) mass is 367 g/mol. The van der Waals surface area contributed by atoms with Gasteiger partial charge in [0.25, 0.3) is 0 Å². The van der Waals surface area contributed by atoms with E-state index in [-0.39, 0.29) is 11.2 Å². The van der Waals surface area contributed by atoms with Crippen molar-refractivity contribution in [3.05, 3.63) is 59.2 Å². The number of nitrogens with one attached hydrogen (secondary N) is 1. The number of carbonyl (C=O) groups is 1. The van der Waals surface area contributed by atoms with E-state index in [2.05, 4.69) is 20.8 Å². The molecule has 7 heteroatoms. The van der Waals surface area contributed by atoms with Gasteiger partial charge in [-0.3, -0.25) is 4.79 Å². The number of carbonyl (C=O) groups excluding carboxylic acids is 1. The van der Waals surface area contributed by atoms with Gasteiger partial charge in [-0.25, -0.2) is 0 Å². The highest BCUT2D eigenvalue weighted by molar-refractivity contribution is 8.00. The Morgan fingerprint density at radius 2 is 1.85 bits per heavy atom. The zero-order valence-corrected chi connectivity index (χ0v) is 16.0. The van der Waals surface area contributed by atoms with Crippen molar-refractivity contribution in [2.75, 3.05) is 5.32 Å². The molecule has 0 bridgehead atoms. The molecule has 0 saturated heterocycles. The third-order valence-electron chi connectivity index (χ3n) is 4.22. The minimum absolute atomic E-state index is 0.0885. The zero-order valence-electron chi connectivity index (χ0n) is 15.2. The number of thioether (sulfide) groups is 1. The molecule has 0 aliphatic heterocycles. The highest BCUT2D eigenvalue weighted by Crippen LogP contribution is 2.26. The van der Waals surface area contributed by atoms with Gasteiger partial charge in [0.1, 0.15) is 0 Å². The van der Waals surface area contributed by atoms with Crippen molar-refractivity contribution >= 4 is 23.4 Å². The maximum atomic E-state index is 12.5. The summed E-state index contributed by atoms with van der Waals surface area (Å²) in [5.41, 5.74) is 5.13. The summed E-state index contributed by atoms with van der Waals surface area (Å²) in [5, 5.41) is 15.1. The van der Waals surface area contributed by atoms with Crippen LogP contribution in [-0.4, -0.2) is 31.4 Å². The average molecular weight is 367 g/mol. The SMILES string of the molecule is Cc1ccc(NC(=O)[C@@H](C)Sc2nnnn2-c2cccc(C)c2C)cc1. The molecule has 1 heterocycles. The van der Waals surface area contributed by atoms with E-state index in [1.54, 1.807) is 4.68 Å². The minimum Gasteiger partial charge on any atom is -0.325 e. The molecule has 0 fully saturated rings.